The van der Waals surface area contributed by atoms with Crippen molar-refractivity contribution >= 4 is 19.7 Å². The molecule has 1 heterocycles. The van der Waals surface area contributed by atoms with Crippen molar-refractivity contribution in [2.24, 2.45) is 0 Å². The second kappa shape index (κ2) is 6.41. The molecule has 0 aromatic heterocycles. The summed E-state index contributed by atoms with van der Waals surface area (Å²) in [7, 11) is -7.10. The van der Waals surface area contributed by atoms with Crippen LogP contribution in [0.25, 0.3) is 0 Å². The summed E-state index contributed by atoms with van der Waals surface area (Å²) < 4.78 is 54.0. The lowest BCUT2D eigenvalue weighted by Crippen LogP contribution is -2.21. The molecule has 0 spiro atoms. The van der Waals surface area contributed by atoms with Crippen LogP contribution in [0.2, 0.25) is 0 Å². The van der Waals surface area contributed by atoms with Gasteiger partial charge in [0.25, 0.3) is 0 Å². The van der Waals surface area contributed by atoms with E-state index in [1.165, 1.54) is 6.08 Å². The van der Waals surface area contributed by atoms with Gasteiger partial charge in [-0.1, -0.05) is 36.4 Å². The van der Waals surface area contributed by atoms with Gasteiger partial charge in [-0.2, -0.15) is 0 Å². The van der Waals surface area contributed by atoms with Crippen LogP contribution in [0.4, 0.5) is 0 Å². The molecule has 1 atom stereocenters. The molecule has 126 valence electrons. The molecule has 0 saturated carbocycles. The minimum atomic E-state index is -3.56. The van der Waals surface area contributed by atoms with Gasteiger partial charge in [0.05, 0.1) is 11.5 Å². The molecule has 0 radical (unpaired) electrons. The van der Waals surface area contributed by atoms with Crippen LogP contribution in [-0.4, -0.2) is 28.3 Å². The van der Waals surface area contributed by atoms with Crippen molar-refractivity contribution in [2.75, 3.05) is 11.5 Å². The van der Waals surface area contributed by atoms with Gasteiger partial charge in [0, 0.05) is 5.41 Å². The van der Waals surface area contributed by atoms with Crippen LogP contribution in [0.5, 0.6) is 11.5 Å². The number of ether oxygens (including phenoxy) is 1. The smallest absolute Gasteiger partial charge is 0.172 e. The number of benzene rings is 2. The molecule has 0 N–H and O–H groups in total. The lowest BCUT2D eigenvalue weighted by molar-refractivity contribution is 0.482. The summed E-state index contributed by atoms with van der Waals surface area (Å²) in [5.74, 6) is 0.500. The third kappa shape index (κ3) is 3.85. The van der Waals surface area contributed by atoms with Gasteiger partial charge in [0.2, 0.25) is 0 Å². The topological polar surface area (TPSA) is 77.5 Å². The van der Waals surface area contributed by atoms with Crippen molar-refractivity contribution in [3.8, 4) is 11.5 Å². The Morgan fingerprint density at radius 3 is 2.12 bits per heavy atom. The van der Waals surface area contributed by atoms with Gasteiger partial charge in [-0.15, -0.1) is 0 Å². The fraction of sp³-hybridized carbons (Fsp3) is 0.176. The first kappa shape index (κ1) is 16.7. The highest BCUT2D eigenvalue weighted by atomic mass is 32.2. The zero-order chi connectivity index (χ0) is 17.2. The minimum Gasteiger partial charge on any atom is -0.457 e. The average Bonchev–Trinajstić information content (AvgIpc) is 2.64. The molecular formula is C17H16O5S2. The summed E-state index contributed by atoms with van der Waals surface area (Å²) in [5, 5.41) is -0.0828. The normalized spacial score (nSPS) is 21.8. The predicted octanol–water partition coefficient (Wildman–Crippen LogP) is 2.88. The first-order valence-electron chi connectivity index (χ1n) is 7.29. The zero-order valence-electron chi connectivity index (χ0n) is 12.7. The van der Waals surface area contributed by atoms with Crippen LogP contribution in [0, 0.1) is 0 Å². The Morgan fingerprint density at radius 2 is 1.46 bits per heavy atom. The molecule has 1 aliphatic rings. The maximum atomic E-state index is 12.3. The van der Waals surface area contributed by atoms with Gasteiger partial charge >= 0.3 is 0 Å². The number of hydrogen-bond donors (Lipinski definition) is 0. The number of hydrogen-bond acceptors (Lipinski definition) is 5. The molecule has 0 amide bonds. The van der Waals surface area contributed by atoms with Gasteiger partial charge < -0.3 is 4.74 Å². The van der Waals surface area contributed by atoms with E-state index in [4.69, 9.17) is 4.74 Å². The second-order valence-corrected chi connectivity index (χ2v) is 9.66. The molecule has 1 aliphatic heterocycles. The summed E-state index contributed by atoms with van der Waals surface area (Å²) in [5.41, 5.74) is 0.447. The Kier molecular flexibility index (Phi) is 4.47. The van der Waals surface area contributed by atoms with E-state index >= 15 is 0 Å². The molecule has 7 heteroatoms. The van der Waals surface area contributed by atoms with Crippen LogP contribution >= 0.6 is 0 Å². The molecule has 3 rings (SSSR count). The van der Waals surface area contributed by atoms with E-state index in [0.717, 1.165) is 5.41 Å². The van der Waals surface area contributed by atoms with E-state index in [1.807, 2.05) is 30.3 Å². The summed E-state index contributed by atoms with van der Waals surface area (Å²) in [4.78, 5) is 0. The zero-order valence-corrected chi connectivity index (χ0v) is 14.3. The van der Waals surface area contributed by atoms with Crippen LogP contribution in [-0.2, 0) is 19.7 Å². The van der Waals surface area contributed by atoms with Crippen molar-refractivity contribution in [1.29, 1.82) is 0 Å². The monoisotopic (exact) mass is 364 g/mol. The molecule has 0 saturated heterocycles. The third-order valence-electron chi connectivity index (χ3n) is 3.68. The Hall–Kier alpha value is -2.12. The highest BCUT2D eigenvalue weighted by Crippen LogP contribution is 2.30. The maximum Gasteiger partial charge on any atom is 0.172 e. The van der Waals surface area contributed by atoms with E-state index in [1.54, 1.807) is 24.3 Å². The van der Waals surface area contributed by atoms with Crippen molar-refractivity contribution in [3.05, 3.63) is 71.6 Å². The number of rotatable bonds is 3. The first-order chi connectivity index (χ1) is 11.4. The lowest BCUT2D eigenvalue weighted by Gasteiger charge is -2.15. The standard InChI is InChI=1S/C17H16O5S2/c18-23(19)11-4-12-24(20,21)17(13-23)14-7-9-16(10-8-14)22-15-5-2-1-3-6-15/h1-11,17H,12-13H2. The molecule has 24 heavy (non-hydrogen) atoms. The summed E-state index contributed by atoms with van der Waals surface area (Å²) >= 11 is 0. The lowest BCUT2D eigenvalue weighted by atomic mass is 10.1. The van der Waals surface area contributed by atoms with Crippen LogP contribution < -0.4 is 4.74 Å². The van der Waals surface area contributed by atoms with Crippen LogP contribution in [0.1, 0.15) is 10.8 Å². The van der Waals surface area contributed by atoms with Gasteiger partial charge in [-0.3, -0.25) is 0 Å². The van der Waals surface area contributed by atoms with Crippen LogP contribution in [0.15, 0.2) is 66.1 Å². The number of para-hydroxylation sites is 1. The molecular weight excluding hydrogens is 348 g/mol. The summed E-state index contributed by atoms with van der Waals surface area (Å²) in [6.07, 6.45) is 1.19. The average molecular weight is 364 g/mol. The summed E-state index contributed by atoms with van der Waals surface area (Å²) in [6, 6.07) is 15.7. The highest BCUT2D eigenvalue weighted by Gasteiger charge is 2.32. The Labute approximate surface area is 141 Å². The van der Waals surface area contributed by atoms with Crippen molar-refractivity contribution in [3.63, 3.8) is 0 Å². The molecule has 0 fully saturated rings. The van der Waals surface area contributed by atoms with Crippen LogP contribution in [0.3, 0.4) is 0 Å². The van der Waals surface area contributed by atoms with Gasteiger partial charge in [0.1, 0.15) is 16.7 Å². The molecule has 0 bridgehead atoms. The van der Waals surface area contributed by atoms with E-state index in [-0.39, 0.29) is 5.75 Å². The molecule has 2 aromatic carbocycles. The quantitative estimate of drug-likeness (QED) is 0.837. The Balaban J connectivity index is 1.87. The molecule has 5 nitrogen and oxygen atoms in total. The van der Waals surface area contributed by atoms with E-state index in [2.05, 4.69) is 0 Å². The number of sulfone groups is 2. The largest absolute Gasteiger partial charge is 0.457 e. The second-order valence-electron chi connectivity index (χ2n) is 5.50. The van der Waals surface area contributed by atoms with E-state index in [9.17, 15) is 16.8 Å². The SMILES string of the molecule is O=S1(=O)C=CCS(=O)(=O)C(c2ccc(Oc3ccccc3)cc2)C1. The molecule has 2 aromatic rings. The molecule has 1 unspecified atom stereocenters. The highest BCUT2D eigenvalue weighted by molar-refractivity contribution is 7.97. The predicted molar refractivity (Wildman–Crippen MR) is 92.4 cm³/mol. The van der Waals surface area contributed by atoms with E-state index < -0.39 is 30.7 Å². The Morgan fingerprint density at radius 1 is 0.833 bits per heavy atom. The third-order valence-corrected chi connectivity index (χ3v) is 7.26. The van der Waals surface area contributed by atoms with Gasteiger partial charge in [0.15, 0.2) is 19.7 Å². The maximum absolute atomic E-state index is 12.3. The molecule has 0 aliphatic carbocycles. The fourth-order valence-corrected chi connectivity index (χ4v) is 6.29. The minimum absolute atomic E-state index is 0.279. The summed E-state index contributed by atoms with van der Waals surface area (Å²) in [6.45, 7) is 0. The van der Waals surface area contributed by atoms with Crippen molar-refractivity contribution in [1.82, 2.24) is 0 Å². The Bertz CT molecular complexity index is 944. The fourth-order valence-electron chi connectivity index (χ4n) is 2.49. The van der Waals surface area contributed by atoms with Gasteiger partial charge in [-0.25, -0.2) is 16.8 Å². The van der Waals surface area contributed by atoms with Crippen molar-refractivity contribution < 1.29 is 21.6 Å². The van der Waals surface area contributed by atoms with E-state index in [0.29, 0.717) is 17.1 Å². The van der Waals surface area contributed by atoms with Gasteiger partial charge in [-0.05, 0) is 29.8 Å². The van der Waals surface area contributed by atoms with Crippen molar-refractivity contribution in [2.45, 2.75) is 5.25 Å². The first-order valence-corrected chi connectivity index (χ1v) is 10.7.